The summed E-state index contributed by atoms with van der Waals surface area (Å²) in [5.41, 5.74) is 4.29. The summed E-state index contributed by atoms with van der Waals surface area (Å²) in [6, 6.07) is 24.6. The van der Waals surface area contributed by atoms with Gasteiger partial charge in [-0.15, -0.1) is 0 Å². The van der Waals surface area contributed by atoms with Crippen molar-refractivity contribution in [2.75, 3.05) is 19.7 Å². The number of aliphatic carboxylic acids is 1. The number of benzene rings is 3. The maximum Gasteiger partial charge on any atom is 0.407 e. The molecule has 1 saturated heterocycles. The second-order valence-electron chi connectivity index (χ2n) is 11.3. The zero-order valence-corrected chi connectivity index (χ0v) is 23.6. The molecule has 3 aromatic carbocycles. The molecular formula is C33H36N2O6. The van der Waals surface area contributed by atoms with Gasteiger partial charge in [0.2, 0.25) is 5.91 Å². The molecule has 2 N–H and O–H groups in total. The highest BCUT2D eigenvalue weighted by Gasteiger charge is 2.49. The summed E-state index contributed by atoms with van der Waals surface area (Å²) in [6.07, 6.45) is -1.43. The SMILES string of the molecule is CC(OCc1ccccc1)C(NC(=O)OCC1c2ccccc2-c2ccccc21)C(=O)N1CC(C)C(C)(C(=O)O)C1. The number of alkyl carbamates (subject to hydrolysis) is 1. The van der Waals surface area contributed by atoms with Gasteiger partial charge in [-0.25, -0.2) is 4.79 Å². The van der Waals surface area contributed by atoms with Crippen LogP contribution < -0.4 is 5.32 Å². The number of ether oxygens (including phenoxy) is 2. The first-order valence-corrected chi connectivity index (χ1v) is 14.0. The smallest absolute Gasteiger partial charge is 0.407 e. The Hall–Kier alpha value is -4.17. The molecular weight excluding hydrogens is 520 g/mol. The van der Waals surface area contributed by atoms with Crippen molar-refractivity contribution >= 4 is 18.0 Å². The maximum atomic E-state index is 13.8. The summed E-state index contributed by atoms with van der Waals surface area (Å²) in [6.45, 7) is 5.89. The van der Waals surface area contributed by atoms with Gasteiger partial charge in [0.05, 0.1) is 18.1 Å². The van der Waals surface area contributed by atoms with Crippen LogP contribution in [0.5, 0.6) is 0 Å². The summed E-state index contributed by atoms with van der Waals surface area (Å²) in [4.78, 5) is 40.4. The van der Waals surface area contributed by atoms with Gasteiger partial charge >= 0.3 is 12.1 Å². The quantitative estimate of drug-likeness (QED) is 0.381. The summed E-state index contributed by atoms with van der Waals surface area (Å²) < 4.78 is 11.8. The monoisotopic (exact) mass is 556 g/mol. The van der Waals surface area contributed by atoms with Crippen molar-refractivity contribution < 1.29 is 29.0 Å². The van der Waals surface area contributed by atoms with Crippen molar-refractivity contribution in [1.29, 1.82) is 0 Å². The fourth-order valence-corrected chi connectivity index (χ4v) is 5.84. The Kier molecular flexibility index (Phi) is 8.13. The topological polar surface area (TPSA) is 105 Å². The van der Waals surface area contributed by atoms with Crippen molar-refractivity contribution in [2.24, 2.45) is 11.3 Å². The normalized spacial score (nSPS) is 21.0. The van der Waals surface area contributed by atoms with Crippen molar-refractivity contribution in [1.82, 2.24) is 10.2 Å². The van der Waals surface area contributed by atoms with E-state index in [0.717, 1.165) is 27.8 Å². The third kappa shape index (κ3) is 5.70. The number of carbonyl (C=O) groups excluding carboxylic acids is 2. The first-order chi connectivity index (χ1) is 19.7. The number of nitrogens with zero attached hydrogens (tertiary/aromatic N) is 1. The minimum absolute atomic E-state index is 0.0522. The minimum Gasteiger partial charge on any atom is -0.481 e. The Balaban J connectivity index is 1.30. The van der Waals surface area contributed by atoms with Crippen LogP contribution >= 0.6 is 0 Å². The number of likely N-dealkylation sites (tertiary alicyclic amines) is 1. The van der Waals surface area contributed by atoms with E-state index in [1.165, 1.54) is 4.90 Å². The minimum atomic E-state index is -1.07. The van der Waals surface area contributed by atoms with Gasteiger partial charge in [-0.1, -0.05) is 85.8 Å². The summed E-state index contributed by atoms with van der Waals surface area (Å²) in [5, 5.41) is 12.6. The molecule has 2 aliphatic rings. The molecule has 8 nitrogen and oxygen atoms in total. The van der Waals surface area contributed by atoms with Gasteiger partial charge in [-0.3, -0.25) is 9.59 Å². The van der Waals surface area contributed by atoms with Crippen LogP contribution in [0, 0.1) is 11.3 Å². The van der Waals surface area contributed by atoms with E-state index in [1.807, 2.05) is 73.7 Å². The van der Waals surface area contributed by atoms with Crippen LogP contribution in [-0.2, 0) is 25.7 Å². The number of carbonyl (C=O) groups is 3. The summed E-state index contributed by atoms with van der Waals surface area (Å²) >= 11 is 0. The predicted molar refractivity (Wildman–Crippen MR) is 154 cm³/mol. The van der Waals surface area contributed by atoms with E-state index in [2.05, 4.69) is 17.4 Å². The number of carboxylic acid groups (broad SMARTS) is 1. The third-order valence-electron chi connectivity index (χ3n) is 8.61. The molecule has 1 fully saturated rings. The molecule has 0 radical (unpaired) electrons. The van der Waals surface area contributed by atoms with Gasteiger partial charge in [0.1, 0.15) is 12.6 Å². The zero-order chi connectivity index (χ0) is 29.1. The molecule has 5 rings (SSSR count). The van der Waals surface area contributed by atoms with Crippen molar-refractivity contribution in [3.63, 3.8) is 0 Å². The number of hydrogen-bond acceptors (Lipinski definition) is 5. The zero-order valence-electron chi connectivity index (χ0n) is 23.6. The second-order valence-corrected chi connectivity index (χ2v) is 11.3. The van der Waals surface area contributed by atoms with Crippen molar-refractivity contribution in [3.8, 4) is 11.1 Å². The Morgan fingerprint density at radius 2 is 1.56 bits per heavy atom. The summed E-state index contributed by atoms with van der Waals surface area (Å²) in [7, 11) is 0. The highest BCUT2D eigenvalue weighted by atomic mass is 16.5. The van der Waals surface area contributed by atoms with Gasteiger partial charge in [-0.05, 0) is 47.6 Å². The van der Waals surface area contributed by atoms with E-state index >= 15 is 0 Å². The Labute approximate surface area is 240 Å². The Morgan fingerprint density at radius 1 is 0.976 bits per heavy atom. The fraction of sp³-hybridized carbons (Fsp3) is 0.364. The second kappa shape index (κ2) is 11.7. The van der Waals surface area contributed by atoms with Crippen LogP contribution in [0.3, 0.4) is 0 Å². The molecule has 4 atom stereocenters. The molecule has 0 saturated carbocycles. The van der Waals surface area contributed by atoms with Crippen LogP contribution in [-0.4, -0.2) is 59.8 Å². The molecule has 1 heterocycles. The average molecular weight is 557 g/mol. The molecule has 0 bridgehead atoms. The van der Waals surface area contributed by atoms with Gasteiger partial charge in [-0.2, -0.15) is 0 Å². The van der Waals surface area contributed by atoms with E-state index in [-0.39, 0.29) is 38.1 Å². The van der Waals surface area contributed by atoms with Crippen molar-refractivity contribution in [3.05, 3.63) is 95.6 Å². The van der Waals surface area contributed by atoms with Gasteiger partial charge in [0.25, 0.3) is 0 Å². The molecule has 1 aliphatic heterocycles. The molecule has 1 aliphatic carbocycles. The first kappa shape index (κ1) is 28.4. The largest absolute Gasteiger partial charge is 0.481 e. The van der Waals surface area contributed by atoms with E-state index < -0.39 is 35.5 Å². The van der Waals surface area contributed by atoms with Crippen LogP contribution in [0.4, 0.5) is 4.79 Å². The van der Waals surface area contributed by atoms with Crippen molar-refractivity contribution in [2.45, 2.75) is 45.4 Å². The molecule has 41 heavy (non-hydrogen) atoms. The van der Waals surface area contributed by atoms with Crippen LogP contribution in [0.25, 0.3) is 11.1 Å². The molecule has 0 aromatic heterocycles. The van der Waals surface area contributed by atoms with E-state index in [1.54, 1.807) is 13.8 Å². The lowest BCUT2D eigenvalue weighted by Crippen LogP contribution is -2.54. The predicted octanol–water partition coefficient (Wildman–Crippen LogP) is 5.07. The van der Waals surface area contributed by atoms with E-state index in [9.17, 15) is 19.5 Å². The lowest BCUT2D eigenvalue weighted by atomic mass is 9.81. The lowest BCUT2D eigenvalue weighted by molar-refractivity contribution is -0.149. The van der Waals surface area contributed by atoms with E-state index in [0.29, 0.717) is 0 Å². The van der Waals surface area contributed by atoms with E-state index in [4.69, 9.17) is 9.47 Å². The number of amides is 2. The number of rotatable bonds is 9. The molecule has 2 amide bonds. The number of hydrogen-bond donors (Lipinski definition) is 2. The number of fused-ring (bicyclic) bond motifs is 3. The molecule has 0 spiro atoms. The van der Waals surface area contributed by atoms with Crippen LogP contribution in [0.15, 0.2) is 78.9 Å². The Bertz CT molecular complexity index is 1380. The first-order valence-electron chi connectivity index (χ1n) is 14.0. The standard InChI is InChI=1S/C33H36N2O6/c1-21-17-35(20-33(21,3)31(37)38)30(36)29(22(2)40-18-23-11-5-4-6-12-23)34-32(39)41-19-28-26-15-9-7-13-24(26)25-14-8-10-16-27(25)28/h4-16,21-22,28-29H,17-20H2,1-3H3,(H,34,39)(H,37,38). The third-order valence-corrected chi connectivity index (χ3v) is 8.61. The molecule has 214 valence electrons. The van der Waals surface area contributed by atoms with Crippen LogP contribution in [0.2, 0.25) is 0 Å². The molecule has 8 heteroatoms. The van der Waals surface area contributed by atoms with Gasteiger partial charge < -0.3 is 24.8 Å². The fourth-order valence-electron chi connectivity index (χ4n) is 5.84. The highest BCUT2D eigenvalue weighted by molar-refractivity contribution is 5.88. The van der Waals surface area contributed by atoms with Gasteiger partial charge in [0, 0.05) is 19.0 Å². The maximum absolute atomic E-state index is 13.8. The Morgan fingerprint density at radius 3 is 2.15 bits per heavy atom. The lowest BCUT2D eigenvalue weighted by Gasteiger charge is -2.29. The summed E-state index contributed by atoms with van der Waals surface area (Å²) in [5.74, 6) is -1.71. The molecule has 3 aromatic rings. The van der Waals surface area contributed by atoms with Gasteiger partial charge in [0.15, 0.2) is 0 Å². The molecule has 4 unspecified atom stereocenters. The number of nitrogens with one attached hydrogen (secondary N) is 1. The van der Waals surface area contributed by atoms with Crippen LogP contribution in [0.1, 0.15) is 43.4 Å². The highest BCUT2D eigenvalue weighted by Crippen LogP contribution is 2.44. The number of carboxylic acids is 1. The average Bonchev–Trinajstić information content (AvgIpc) is 3.48.